The molecular formula is C23H28N4O3S. The molecule has 1 saturated heterocycles. The molecule has 0 radical (unpaired) electrons. The first kappa shape index (κ1) is 21.3. The number of thiophene rings is 1. The molecule has 3 aromatic rings. The van der Waals surface area contributed by atoms with E-state index in [4.69, 9.17) is 9.15 Å². The fraction of sp³-hybridized carbons (Fsp3) is 0.348. The van der Waals surface area contributed by atoms with Crippen LogP contribution in [0.2, 0.25) is 0 Å². The van der Waals surface area contributed by atoms with Crippen LogP contribution in [0.5, 0.6) is 5.75 Å². The quantitative estimate of drug-likeness (QED) is 0.559. The van der Waals surface area contributed by atoms with Crippen molar-refractivity contribution in [3.8, 4) is 5.75 Å². The molecule has 2 N–H and O–H groups in total. The number of hydrogen-bond acceptors (Lipinski definition) is 6. The lowest BCUT2D eigenvalue weighted by Gasteiger charge is -2.39. The smallest absolute Gasteiger partial charge is 0.315 e. The second kappa shape index (κ2) is 10.4. The lowest BCUT2D eigenvalue weighted by Crippen LogP contribution is -2.50. The Bertz CT molecular complexity index is 920. The van der Waals surface area contributed by atoms with Crippen molar-refractivity contribution in [3.63, 3.8) is 0 Å². The molecule has 0 spiro atoms. The number of carbonyl (C=O) groups excluding carboxylic acids is 1. The van der Waals surface area contributed by atoms with Crippen LogP contribution in [0.3, 0.4) is 0 Å². The molecule has 1 atom stereocenters. The summed E-state index contributed by atoms with van der Waals surface area (Å²) in [5.41, 5.74) is 1.20. The Kier molecular flexibility index (Phi) is 7.11. The molecule has 0 aliphatic carbocycles. The van der Waals surface area contributed by atoms with Crippen LogP contribution in [-0.4, -0.2) is 50.8 Å². The Morgan fingerprint density at radius 1 is 1.10 bits per heavy atom. The standard InChI is InChI=1S/C23H28N4O3S/c1-29-19-8-6-18(7-9-19)26-10-12-27(13-11-26)21(22-5-2-14-30-22)17-25-23(28)24-16-20-4-3-15-31-20/h2-9,14-15,21H,10-13,16-17H2,1H3,(H2,24,25,28). The third-order valence-corrected chi connectivity index (χ3v) is 6.40. The number of urea groups is 1. The molecule has 1 aliphatic heterocycles. The minimum atomic E-state index is -0.165. The lowest BCUT2D eigenvalue weighted by atomic mass is 10.1. The summed E-state index contributed by atoms with van der Waals surface area (Å²) in [7, 11) is 1.68. The first-order valence-corrected chi connectivity index (χ1v) is 11.3. The topological polar surface area (TPSA) is 70.0 Å². The second-order valence-electron chi connectivity index (χ2n) is 7.40. The van der Waals surface area contributed by atoms with Crippen LogP contribution in [-0.2, 0) is 6.54 Å². The molecule has 0 saturated carbocycles. The van der Waals surface area contributed by atoms with Gasteiger partial charge in [-0.1, -0.05) is 6.07 Å². The maximum Gasteiger partial charge on any atom is 0.315 e. The molecule has 1 aromatic carbocycles. The number of benzene rings is 1. The van der Waals surface area contributed by atoms with Gasteiger partial charge in [0.1, 0.15) is 11.5 Å². The minimum absolute atomic E-state index is 0.000468. The highest BCUT2D eigenvalue weighted by Gasteiger charge is 2.27. The Hall–Kier alpha value is -2.97. The van der Waals surface area contributed by atoms with Gasteiger partial charge in [0.05, 0.1) is 26.0 Å². The van der Waals surface area contributed by atoms with Gasteiger partial charge >= 0.3 is 6.03 Å². The molecule has 7 nitrogen and oxygen atoms in total. The molecule has 1 aliphatic rings. The fourth-order valence-electron chi connectivity index (χ4n) is 3.81. The van der Waals surface area contributed by atoms with E-state index < -0.39 is 0 Å². The molecule has 1 unspecified atom stereocenters. The summed E-state index contributed by atoms with van der Waals surface area (Å²) in [6.45, 7) is 4.62. The Morgan fingerprint density at radius 3 is 2.55 bits per heavy atom. The van der Waals surface area contributed by atoms with E-state index in [1.807, 2.05) is 41.8 Å². The Balaban J connectivity index is 1.32. The Labute approximate surface area is 186 Å². The van der Waals surface area contributed by atoms with E-state index >= 15 is 0 Å². The predicted molar refractivity (Wildman–Crippen MR) is 123 cm³/mol. The number of methoxy groups -OCH3 is 1. The van der Waals surface area contributed by atoms with Crippen molar-refractivity contribution in [3.05, 3.63) is 70.8 Å². The number of hydrogen-bond donors (Lipinski definition) is 2. The highest BCUT2D eigenvalue weighted by molar-refractivity contribution is 7.09. The predicted octanol–water partition coefficient (Wildman–Crippen LogP) is 3.71. The van der Waals surface area contributed by atoms with E-state index in [-0.39, 0.29) is 12.1 Å². The molecule has 2 amide bonds. The van der Waals surface area contributed by atoms with Gasteiger partial charge in [0, 0.05) is 43.3 Å². The molecular weight excluding hydrogens is 412 g/mol. The third-order valence-electron chi connectivity index (χ3n) is 5.52. The second-order valence-corrected chi connectivity index (χ2v) is 8.43. The molecule has 31 heavy (non-hydrogen) atoms. The van der Waals surface area contributed by atoms with E-state index in [9.17, 15) is 4.79 Å². The van der Waals surface area contributed by atoms with Crippen molar-refractivity contribution in [2.75, 3.05) is 44.7 Å². The molecule has 8 heteroatoms. The SMILES string of the molecule is COc1ccc(N2CCN(C(CNC(=O)NCc3cccs3)c3ccco3)CC2)cc1. The zero-order valence-corrected chi connectivity index (χ0v) is 18.4. The highest BCUT2D eigenvalue weighted by Crippen LogP contribution is 2.25. The summed E-state index contributed by atoms with van der Waals surface area (Å²) in [4.78, 5) is 18.2. The van der Waals surface area contributed by atoms with E-state index in [1.54, 1.807) is 24.7 Å². The maximum atomic E-state index is 12.3. The van der Waals surface area contributed by atoms with Gasteiger partial charge < -0.3 is 24.7 Å². The largest absolute Gasteiger partial charge is 0.497 e. The number of nitrogens with zero attached hydrogens (tertiary/aromatic N) is 2. The van der Waals surface area contributed by atoms with Crippen LogP contribution in [0.4, 0.5) is 10.5 Å². The first-order valence-electron chi connectivity index (χ1n) is 10.4. The number of ether oxygens (including phenoxy) is 1. The monoisotopic (exact) mass is 440 g/mol. The number of rotatable bonds is 8. The third kappa shape index (κ3) is 5.59. The van der Waals surface area contributed by atoms with Crippen molar-refractivity contribution in [1.82, 2.24) is 15.5 Å². The van der Waals surface area contributed by atoms with Gasteiger partial charge in [-0.3, -0.25) is 4.90 Å². The molecule has 164 valence electrons. The van der Waals surface area contributed by atoms with Gasteiger partial charge in [0.15, 0.2) is 0 Å². The van der Waals surface area contributed by atoms with Crippen LogP contribution in [0, 0.1) is 0 Å². The maximum absolute atomic E-state index is 12.3. The number of nitrogens with one attached hydrogen (secondary N) is 2. The van der Waals surface area contributed by atoms with Crippen molar-refractivity contribution < 1.29 is 13.9 Å². The fourth-order valence-corrected chi connectivity index (χ4v) is 4.45. The van der Waals surface area contributed by atoms with Gasteiger partial charge in [-0.25, -0.2) is 4.79 Å². The van der Waals surface area contributed by atoms with Gasteiger partial charge in [0.25, 0.3) is 0 Å². The van der Waals surface area contributed by atoms with Crippen LogP contribution < -0.4 is 20.3 Å². The summed E-state index contributed by atoms with van der Waals surface area (Å²) in [5, 5.41) is 7.94. The summed E-state index contributed by atoms with van der Waals surface area (Å²) >= 11 is 1.63. The highest BCUT2D eigenvalue weighted by atomic mass is 32.1. The number of furan rings is 1. The van der Waals surface area contributed by atoms with Crippen molar-refractivity contribution in [2.24, 2.45) is 0 Å². The van der Waals surface area contributed by atoms with Crippen LogP contribution in [0.25, 0.3) is 0 Å². The van der Waals surface area contributed by atoms with Crippen LogP contribution in [0.15, 0.2) is 64.6 Å². The average molecular weight is 441 g/mol. The normalized spacial score (nSPS) is 15.5. The molecule has 1 fully saturated rings. The van der Waals surface area contributed by atoms with E-state index in [2.05, 4.69) is 32.6 Å². The zero-order chi connectivity index (χ0) is 21.5. The van der Waals surface area contributed by atoms with Crippen LogP contribution in [0.1, 0.15) is 16.7 Å². The lowest BCUT2D eigenvalue weighted by molar-refractivity contribution is 0.161. The van der Waals surface area contributed by atoms with E-state index in [1.165, 1.54) is 5.69 Å². The molecule has 0 bridgehead atoms. The van der Waals surface area contributed by atoms with Crippen LogP contribution >= 0.6 is 11.3 Å². The van der Waals surface area contributed by atoms with E-state index in [0.29, 0.717) is 13.1 Å². The molecule has 3 heterocycles. The Morgan fingerprint density at radius 2 is 1.90 bits per heavy atom. The molecule has 2 aromatic heterocycles. The number of amides is 2. The van der Waals surface area contributed by atoms with Gasteiger partial charge in [-0.05, 0) is 47.8 Å². The van der Waals surface area contributed by atoms with Gasteiger partial charge in [-0.2, -0.15) is 0 Å². The number of piperazine rings is 1. The average Bonchev–Trinajstić information content (AvgIpc) is 3.53. The zero-order valence-electron chi connectivity index (χ0n) is 17.6. The molecule has 4 rings (SSSR count). The summed E-state index contributed by atoms with van der Waals surface area (Å²) in [5.74, 6) is 1.74. The van der Waals surface area contributed by atoms with Gasteiger partial charge in [-0.15, -0.1) is 11.3 Å². The van der Waals surface area contributed by atoms with Gasteiger partial charge in [0.2, 0.25) is 0 Å². The summed E-state index contributed by atoms with van der Waals surface area (Å²) in [6, 6.07) is 15.9. The number of anilines is 1. The van der Waals surface area contributed by atoms with Crippen molar-refractivity contribution in [1.29, 1.82) is 0 Å². The van der Waals surface area contributed by atoms with Crippen molar-refractivity contribution in [2.45, 2.75) is 12.6 Å². The number of carbonyl (C=O) groups is 1. The minimum Gasteiger partial charge on any atom is -0.497 e. The summed E-state index contributed by atoms with van der Waals surface area (Å²) < 4.78 is 11.0. The van der Waals surface area contributed by atoms with E-state index in [0.717, 1.165) is 42.6 Å². The van der Waals surface area contributed by atoms with Crippen molar-refractivity contribution >= 4 is 23.1 Å². The summed E-state index contributed by atoms with van der Waals surface area (Å²) in [6.07, 6.45) is 1.69. The first-order chi connectivity index (χ1) is 15.2.